The summed E-state index contributed by atoms with van der Waals surface area (Å²) in [4.78, 5) is 4.79. The molecule has 1 atom stereocenters. The van der Waals surface area contributed by atoms with Crippen molar-refractivity contribution < 1.29 is 4.74 Å². The molecule has 104 valence electrons. The Morgan fingerprint density at radius 1 is 1.25 bits per heavy atom. The number of hydrogen-bond acceptors (Lipinski definition) is 3. The highest BCUT2D eigenvalue weighted by Gasteiger charge is 2.21. The van der Waals surface area contributed by atoms with Crippen LogP contribution < -0.4 is 5.32 Å². The highest BCUT2D eigenvalue weighted by Crippen LogP contribution is 2.26. The monoisotopic (exact) mass is 268 g/mol. The highest BCUT2D eigenvalue weighted by molar-refractivity contribution is 5.78. The molecule has 2 aromatic rings. The number of nitrogens with zero attached hydrogens (tertiary/aromatic N) is 1. The van der Waals surface area contributed by atoms with Gasteiger partial charge in [0.05, 0.1) is 17.8 Å². The molecule has 3 nitrogen and oxygen atoms in total. The van der Waals surface area contributed by atoms with Crippen molar-refractivity contribution in [3.05, 3.63) is 53.9 Å². The molecule has 1 aromatic heterocycles. The summed E-state index contributed by atoms with van der Waals surface area (Å²) in [6.07, 6.45) is 4.26. The van der Waals surface area contributed by atoms with Gasteiger partial charge < -0.3 is 10.1 Å². The van der Waals surface area contributed by atoms with E-state index in [0.29, 0.717) is 0 Å². The van der Waals surface area contributed by atoms with Gasteiger partial charge in [0.25, 0.3) is 0 Å². The SMILES string of the molecule is CCCNC(C1=CCCO1)c1ccc2ccccc2n1. The number of aromatic nitrogens is 1. The highest BCUT2D eigenvalue weighted by atomic mass is 16.5. The minimum absolute atomic E-state index is 0.0713. The van der Waals surface area contributed by atoms with Crippen LogP contribution in [0.15, 0.2) is 48.2 Å². The third kappa shape index (κ3) is 2.68. The van der Waals surface area contributed by atoms with E-state index in [1.54, 1.807) is 0 Å². The van der Waals surface area contributed by atoms with Gasteiger partial charge in [-0.1, -0.05) is 31.2 Å². The Kier molecular flexibility index (Phi) is 3.97. The largest absolute Gasteiger partial charge is 0.496 e. The standard InChI is InChI=1S/C17H20N2O/c1-2-11-18-17(16-8-5-12-20-16)15-10-9-13-6-3-4-7-14(13)19-15/h3-4,6-10,17-18H,2,5,11-12H2,1H3. The van der Waals surface area contributed by atoms with Gasteiger partial charge in [-0.25, -0.2) is 0 Å². The number of rotatable bonds is 5. The first kappa shape index (κ1) is 13.1. The number of fused-ring (bicyclic) bond motifs is 1. The smallest absolute Gasteiger partial charge is 0.115 e. The van der Waals surface area contributed by atoms with Gasteiger partial charge in [-0.2, -0.15) is 0 Å². The van der Waals surface area contributed by atoms with Crippen LogP contribution in [0.2, 0.25) is 0 Å². The zero-order valence-corrected chi connectivity index (χ0v) is 11.8. The zero-order chi connectivity index (χ0) is 13.8. The van der Waals surface area contributed by atoms with Crippen LogP contribution in [0.1, 0.15) is 31.5 Å². The van der Waals surface area contributed by atoms with Crippen molar-refractivity contribution in [1.29, 1.82) is 0 Å². The molecule has 0 spiro atoms. The first-order valence-corrected chi connectivity index (χ1v) is 7.30. The van der Waals surface area contributed by atoms with E-state index in [1.165, 1.54) is 5.39 Å². The lowest BCUT2D eigenvalue weighted by Gasteiger charge is -2.19. The molecule has 2 heterocycles. The predicted octanol–water partition coefficient (Wildman–Crippen LogP) is 3.58. The second-order valence-corrected chi connectivity index (χ2v) is 5.06. The lowest BCUT2D eigenvalue weighted by atomic mass is 10.1. The van der Waals surface area contributed by atoms with Gasteiger partial charge in [0.1, 0.15) is 11.8 Å². The van der Waals surface area contributed by atoms with Crippen molar-refractivity contribution in [1.82, 2.24) is 10.3 Å². The average molecular weight is 268 g/mol. The fourth-order valence-corrected chi connectivity index (χ4v) is 2.52. The molecule has 1 aliphatic heterocycles. The van der Waals surface area contributed by atoms with Gasteiger partial charge in [0.15, 0.2) is 0 Å². The van der Waals surface area contributed by atoms with Gasteiger partial charge in [-0.3, -0.25) is 4.98 Å². The Morgan fingerprint density at radius 2 is 2.15 bits per heavy atom. The molecule has 0 fully saturated rings. The molecule has 0 aliphatic carbocycles. The number of hydrogen-bond donors (Lipinski definition) is 1. The fourth-order valence-electron chi connectivity index (χ4n) is 2.52. The molecule has 20 heavy (non-hydrogen) atoms. The first-order chi connectivity index (χ1) is 9.88. The van der Waals surface area contributed by atoms with Gasteiger partial charge in [0, 0.05) is 11.8 Å². The molecular weight excluding hydrogens is 248 g/mol. The summed E-state index contributed by atoms with van der Waals surface area (Å²) in [5, 5.41) is 4.71. The summed E-state index contributed by atoms with van der Waals surface area (Å²) in [6, 6.07) is 12.5. The van der Waals surface area contributed by atoms with E-state index in [2.05, 4.69) is 42.6 Å². The minimum atomic E-state index is 0.0713. The summed E-state index contributed by atoms with van der Waals surface area (Å²) in [6.45, 7) is 3.91. The van der Waals surface area contributed by atoms with Crippen molar-refractivity contribution in [2.75, 3.05) is 13.2 Å². The maximum Gasteiger partial charge on any atom is 0.115 e. The second kappa shape index (κ2) is 6.06. The Balaban J connectivity index is 1.95. The lowest BCUT2D eigenvalue weighted by molar-refractivity contribution is 0.214. The molecule has 0 saturated carbocycles. The van der Waals surface area contributed by atoms with Crippen LogP contribution in [-0.4, -0.2) is 18.1 Å². The topological polar surface area (TPSA) is 34.1 Å². The van der Waals surface area contributed by atoms with E-state index in [1.807, 2.05) is 12.1 Å². The lowest BCUT2D eigenvalue weighted by Crippen LogP contribution is -2.25. The van der Waals surface area contributed by atoms with Crippen LogP contribution in [0.5, 0.6) is 0 Å². The third-order valence-corrected chi connectivity index (χ3v) is 3.53. The quantitative estimate of drug-likeness (QED) is 0.900. The zero-order valence-electron chi connectivity index (χ0n) is 11.8. The molecule has 0 saturated heterocycles. The Hall–Kier alpha value is -1.87. The predicted molar refractivity (Wildman–Crippen MR) is 81.4 cm³/mol. The fraction of sp³-hybridized carbons (Fsp3) is 0.353. The maximum atomic E-state index is 5.74. The molecule has 3 heteroatoms. The Morgan fingerprint density at radius 3 is 2.95 bits per heavy atom. The van der Waals surface area contributed by atoms with E-state index < -0.39 is 0 Å². The number of ether oxygens (including phenoxy) is 1. The summed E-state index contributed by atoms with van der Waals surface area (Å²) in [5.41, 5.74) is 2.07. The average Bonchev–Trinajstić information content (AvgIpc) is 3.02. The van der Waals surface area contributed by atoms with Crippen LogP contribution in [0.25, 0.3) is 10.9 Å². The van der Waals surface area contributed by atoms with Crippen LogP contribution in [0, 0.1) is 0 Å². The van der Waals surface area contributed by atoms with Crippen molar-refractivity contribution in [3.8, 4) is 0 Å². The molecular formula is C17H20N2O. The first-order valence-electron chi connectivity index (χ1n) is 7.30. The van der Waals surface area contributed by atoms with Crippen LogP contribution >= 0.6 is 0 Å². The van der Waals surface area contributed by atoms with Crippen molar-refractivity contribution >= 4 is 10.9 Å². The molecule has 1 aromatic carbocycles. The molecule has 1 unspecified atom stereocenters. The Bertz CT molecular complexity index is 621. The van der Waals surface area contributed by atoms with Gasteiger partial charge >= 0.3 is 0 Å². The number of benzene rings is 1. The molecule has 1 N–H and O–H groups in total. The second-order valence-electron chi connectivity index (χ2n) is 5.06. The van der Waals surface area contributed by atoms with Gasteiger partial charge in [0.2, 0.25) is 0 Å². The van der Waals surface area contributed by atoms with E-state index in [0.717, 1.165) is 43.0 Å². The molecule has 3 rings (SSSR count). The van der Waals surface area contributed by atoms with Crippen molar-refractivity contribution in [2.24, 2.45) is 0 Å². The van der Waals surface area contributed by atoms with Crippen molar-refractivity contribution in [2.45, 2.75) is 25.8 Å². The summed E-state index contributed by atoms with van der Waals surface area (Å²) < 4.78 is 5.74. The van der Waals surface area contributed by atoms with Crippen LogP contribution in [0.3, 0.4) is 0 Å². The normalized spacial score (nSPS) is 15.9. The van der Waals surface area contributed by atoms with Gasteiger partial charge in [-0.05, 0) is 31.2 Å². The number of nitrogens with one attached hydrogen (secondary N) is 1. The maximum absolute atomic E-state index is 5.74. The summed E-state index contributed by atoms with van der Waals surface area (Å²) >= 11 is 0. The summed E-state index contributed by atoms with van der Waals surface area (Å²) in [5.74, 6) is 1.02. The molecule has 1 aliphatic rings. The number of para-hydroxylation sites is 1. The van der Waals surface area contributed by atoms with Crippen LogP contribution in [0.4, 0.5) is 0 Å². The molecule has 0 amide bonds. The molecule has 0 radical (unpaired) electrons. The van der Waals surface area contributed by atoms with Gasteiger partial charge in [-0.15, -0.1) is 0 Å². The van der Waals surface area contributed by atoms with E-state index in [4.69, 9.17) is 9.72 Å². The van der Waals surface area contributed by atoms with E-state index in [9.17, 15) is 0 Å². The third-order valence-electron chi connectivity index (χ3n) is 3.53. The molecule has 0 bridgehead atoms. The number of pyridine rings is 1. The summed E-state index contributed by atoms with van der Waals surface area (Å²) in [7, 11) is 0. The van der Waals surface area contributed by atoms with E-state index in [-0.39, 0.29) is 6.04 Å². The van der Waals surface area contributed by atoms with Crippen LogP contribution in [-0.2, 0) is 4.74 Å². The Labute approximate surface area is 119 Å². The minimum Gasteiger partial charge on any atom is -0.496 e. The van der Waals surface area contributed by atoms with Crippen molar-refractivity contribution in [3.63, 3.8) is 0 Å². The van der Waals surface area contributed by atoms with E-state index >= 15 is 0 Å².